The first-order valence-electron chi connectivity index (χ1n) is 9.24. The topological polar surface area (TPSA) is 12.5 Å². The van der Waals surface area contributed by atoms with Gasteiger partial charge in [0.25, 0.3) is 0 Å². The molecule has 1 aliphatic heterocycles. The lowest BCUT2D eigenvalue weighted by Crippen LogP contribution is -2.34. The Balaban J connectivity index is 1.83. The van der Waals surface area contributed by atoms with Gasteiger partial charge in [-0.05, 0) is 54.7 Å². The van der Waals surface area contributed by atoms with Gasteiger partial charge in [0.2, 0.25) is 0 Å². The molecule has 0 amide bonds. The maximum atomic E-state index is 5.31. The normalized spacial score (nSPS) is 15.4. The summed E-state index contributed by atoms with van der Waals surface area (Å²) in [5.41, 5.74) is 3.92. The number of nitrogens with zero attached hydrogens (tertiary/aromatic N) is 1. The highest BCUT2D eigenvalue weighted by molar-refractivity contribution is 5.56. The van der Waals surface area contributed by atoms with E-state index in [1.807, 2.05) is 12.1 Å². The lowest BCUT2D eigenvalue weighted by atomic mass is 9.92. The SMILES string of the molecule is C#CCCCCC#CC1c2ccccc2CCN1c1ccc(OC)cc1. The molecule has 0 saturated carbocycles. The van der Waals surface area contributed by atoms with Crippen LogP contribution in [0, 0.1) is 24.2 Å². The summed E-state index contributed by atoms with van der Waals surface area (Å²) in [7, 11) is 1.70. The molecule has 0 radical (unpaired) electrons. The Kier molecular flexibility index (Phi) is 6.24. The zero-order valence-electron chi connectivity index (χ0n) is 15.4. The van der Waals surface area contributed by atoms with E-state index in [4.69, 9.17) is 11.2 Å². The van der Waals surface area contributed by atoms with Crippen LogP contribution in [-0.2, 0) is 6.42 Å². The summed E-state index contributed by atoms with van der Waals surface area (Å²) in [6.07, 6.45) is 10.2. The Morgan fingerprint density at radius 1 is 1.08 bits per heavy atom. The average molecular weight is 343 g/mol. The largest absolute Gasteiger partial charge is 0.497 e. The number of hydrogen-bond donors (Lipinski definition) is 0. The highest BCUT2D eigenvalue weighted by Crippen LogP contribution is 2.34. The van der Waals surface area contributed by atoms with Crippen LogP contribution >= 0.6 is 0 Å². The summed E-state index contributed by atoms with van der Waals surface area (Å²) in [4.78, 5) is 2.40. The standard InChI is InChI=1S/C24H25NO/c1-3-4-5-6-7-8-13-24-23-12-10-9-11-20(23)18-19-25(24)21-14-16-22(26-2)17-15-21/h1,9-12,14-17,24H,4-7,18-19H2,2H3. The first kappa shape index (κ1) is 18.0. The van der Waals surface area contributed by atoms with E-state index < -0.39 is 0 Å². The molecular formula is C24H25NO. The Labute approximate surface area is 157 Å². The fraction of sp³-hybridized carbons (Fsp3) is 0.333. The first-order chi connectivity index (χ1) is 12.8. The molecule has 0 bridgehead atoms. The predicted octanol–water partition coefficient (Wildman–Crippen LogP) is 5.00. The van der Waals surface area contributed by atoms with Crippen LogP contribution in [-0.4, -0.2) is 13.7 Å². The van der Waals surface area contributed by atoms with Crippen molar-refractivity contribution in [3.63, 3.8) is 0 Å². The van der Waals surface area contributed by atoms with Crippen LogP contribution in [0.5, 0.6) is 5.75 Å². The summed E-state index contributed by atoms with van der Waals surface area (Å²) in [6, 6.07) is 17.0. The number of terminal acetylenes is 1. The van der Waals surface area contributed by atoms with Crippen LogP contribution in [0.1, 0.15) is 42.9 Å². The second-order valence-electron chi connectivity index (χ2n) is 6.48. The van der Waals surface area contributed by atoms with Gasteiger partial charge in [-0.25, -0.2) is 0 Å². The lowest BCUT2D eigenvalue weighted by molar-refractivity contribution is 0.415. The number of benzene rings is 2. The minimum atomic E-state index is 0.0981. The highest BCUT2D eigenvalue weighted by Gasteiger charge is 2.25. The third-order valence-electron chi connectivity index (χ3n) is 4.80. The van der Waals surface area contributed by atoms with E-state index >= 15 is 0 Å². The fourth-order valence-electron chi connectivity index (χ4n) is 3.38. The number of methoxy groups -OCH3 is 1. The molecule has 0 saturated heterocycles. The van der Waals surface area contributed by atoms with Crippen LogP contribution in [0.25, 0.3) is 0 Å². The summed E-state index contributed by atoms with van der Waals surface area (Å²) >= 11 is 0. The number of hydrogen-bond acceptors (Lipinski definition) is 2. The summed E-state index contributed by atoms with van der Waals surface area (Å²) < 4.78 is 5.29. The van der Waals surface area contributed by atoms with Crippen molar-refractivity contribution in [3.05, 3.63) is 59.7 Å². The van der Waals surface area contributed by atoms with E-state index in [0.29, 0.717) is 0 Å². The van der Waals surface area contributed by atoms with E-state index in [9.17, 15) is 0 Å². The predicted molar refractivity (Wildman–Crippen MR) is 108 cm³/mol. The monoisotopic (exact) mass is 343 g/mol. The molecule has 2 nitrogen and oxygen atoms in total. The summed E-state index contributed by atoms with van der Waals surface area (Å²) in [5.74, 6) is 10.5. The molecular weight excluding hydrogens is 318 g/mol. The van der Waals surface area contributed by atoms with Gasteiger partial charge in [0.15, 0.2) is 0 Å². The summed E-state index contributed by atoms with van der Waals surface area (Å²) in [5, 5.41) is 0. The maximum Gasteiger partial charge on any atom is 0.119 e. The van der Waals surface area contributed by atoms with Gasteiger partial charge in [-0.2, -0.15) is 0 Å². The molecule has 1 heterocycles. The Hall–Kier alpha value is -2.84. The van der Waals surface area contributed by atoms with Crippen molar-refractivity contribution < 1.29 is 4.74 Å². The molecule has 1 unspecified atom stereocenters. The van der Waals surface area contributed by atoms with E-state index in [1.165, 1.54) is 16.8 Å². The second kappa shape index (κ2) is 9.02. The molecule has 1 aliphatic rings. The highest BCUT2D eigenvalue weighted by atomic mass is 16.5. The van der Waals surface area contributed by atoms with Gasteiger partial charge in [-0.1, -0.05) is 30.2 Å². The number of ether oxygens (including phenoxy) is 1. The van der Waals surface area contributed by atoms with Crippen molar-refractivity contribution in [2.24, 2.45) is 0 Å². The van der Waals surface area contributed by atoms with Gasteiger partial charge in [-0.3, -0.25) is 0 Å². The number of anilines is 1. The average Bonchev–Trinajstić information content (AvgIpc) is 2.70. The second-order valence-corrected chi connectivity index (χ2v) is 6.48. The van der Waals surface area contributed by atoms with Crippen LogP contribution in [0.15, 0.2) is 48.5 Å². The molecule has 0 N–H and O–H groups in total. The minimum absolute atomic E-state index is 0.0981. The summed E-state index contributed by atoms with van der Waals surface area (Å²) in [6.45, 7) is 0.972. The van der Waals surface area contributed by atoms with E-state index in [1.54, 1.807) is 7.11 Å². The van der Waals surface area contributed by atoms with Crippen LogP contribution in [0.4, 0.5) is 5.69 Å². The fourth-order valence-corrected chi connectivity index (χ4v) is 3.38. The van der Waals surface area contributed by atoms with Gasteiger partial charge >= 0.3 is 0 Å². The molecule has 0 spiro atoms. The van der Waals surface area contributed by atoms with Gasteiger partial charge < -0.3 is 9.64 Å². The smallest absolute Gasteiger partial charge is 0.119 e. The van der Waals surface area contributed by atoms with Gasteiger partial charge in [0, 0.05) is 25.1 Å². The van der Waals surface area contributed by atoms with E-state index in [0.717, 1.165) is 44.4 Å². The van der Waals surface area contributed by atoms with Crippen LogP contribution in [0.3, 0.4) is 0 Å². The molecule has 3 rings (SSSR count). The van der Waals surface area contributed by atoms with Gasteiger partial charge in [-0.15, -0.1) is 18.3 Å². The molecule has 0 aliphatic carbocycles. The molecule has 0 fully saturated rings. The lowest BCUT2D eigenvalue weighted by Gasteiger charge is -2.36. The zero-order valence-corrected chi connectivity index (χ0v) is 15.4. The van der Waals surface area contributed by atoms with Crippen LogP contribution in [0.2, 0.25) is 0 Å². The van der Waals surface area contributed by atoms with Gasteiger partial charge in [0.1, 0.15) is 11.8 Å². The molecule has 2 aromatic carbocycles. The van der Waals surface area contributed by atoms with Crippen molar-refractivity contribution >= 4 is 5.69 Å². The van der Waals surface area contributed by atoms with Crippen molar-refractivity contribution in [3.8, 4) is 29.9 Å². The molecule has 1 atom stereocenters. The Morgan fingerprint density at radius 3 is 2.62 bits per heavy atom. The number of fused-ring (bicyclic) bond motifs is 1. The third kappa shape index (κ3) is 4.22. The first-order valence-corrected chi connectivity index (χ1v) is 9.24. The molecule has 2 aromatic rings. The molecule has 26 heavy (non-hydrogen) atoms. The van der Waals surface area contributed by atoms with Crippen molar-refractivity contribution in [1.82, 2.24) is 0 Å². The minimum Gasteiger partial charge on any atom is -0.497 e. The van der Waals surface area contributed by atoms with Crippen molar-refractivity contribution in [2.75, 3.05) is 18.6 Å². The third-order valence-corrected chi connectivity index (χ3v) is 4.80. The van der Waals surface area contributed by atoms with E-state index in [2.05, 4.69) is 59.1 Å². The number of rotatable bonds is 5. The van der Waals surface area contributed by atoms with E-state index in [-0.39, 0.29) is 6.04 Å². The van der Waals surface area contributed by atoms with Crippen LogP contribution < -0.4 is 9.64 Å². The Morgan fingerprint density at radius 2 is 1.85 bits per heavy atom. The maximum absolute atomic E-state index is 5.31. The van der Waals surface area contributed by atoms with Crippen molar-refractivity contribution in [1.29, 1.82) is 0 Å². The number of unbranched alkanes of at least 4 members (excludes halogenated alkanes) is 3. The Bertz CT molecular complexity index is 820. The zero-order chi connectivity index (χ0) is 18.2. The molecule has 0 aromatic heterocycles. The molecule has 132 valence electrons. The van der Waals surface area contributed by atoms with Gasteiger partial charge in [0.05, 0.1) is 7.11 Å². The van der Waals surface area contributed by atoms with Crippen molar-refractivity contribution in [2.45, 2.75) is 38.1 Å². The molecule has 2 heteroatoms. The quantitative estimate of drug-likeness (QED) is 0.560.